The number of hydrogen-bond acceptors (Lipinski definition) is 10. The Kier molecular flexibility index (Phi) is 16.3. The number of aliphatic hydroxyl groups is 1. The fourth-order valence-electron chi connectivity index (χ4n) is 5.04. The maximum Gasteiger partial charge on any atom is 0.426 e. The third kappa shape index (κ3) is 11.7. The molecular formula is C33H46N2O10. The van der Waals surface area contributed by atoms with E-state index >= 15 is 0 Å². The molecule has 0 spiro atoms. The number of rotatable bonds is 21. The minimum absolute atomic E-state index is 0.0564. The summed E-state index contributed by atoms with van der Waals surface area (Å²) in [4.78, 5) is 38.0. The number of ether oxygens (including phenoxy) is 6. The Labute approximate surface area is 264 Å². The molecule has 0 fully saturated rings. The molecule has 0 bridgehead atoms. The molecule has 3 rings (SSSR count). The zero-order chi connectivity index (χ0) is 32.3. The molecular weight excluding hydrogens is 584 g/mol. The second kappa shape index (κ2) is 20.5. The van der Waals surface area contributed by atoms with Crippen LogP contribution in [-0.4, -0.2) is 88.8 Å². The van der Waals surface area contributed by atoms with Crippen molar-refractivity contribution in [1.29, 1.82) is 0 Å². The molecule has 0 saturated heterocycles. The van der Waals surface area contributed by atoms with Crippen molar-refractivity contribution in [3.63, 3.8) is 0 Å². The van der Waals surface area contributed by atoms with E-state index < -0.39 is 23.9 Å². The van der Waals surface area contributed by atoms with Crippen molar-refractivity contribution in [3.8, 4) is 11.1 Å². The molecule has 0 radical (unpaired) electrons. The summed E-state index contributed by atoms with van der Waals surface area (Å²) in [7, 11) is 0. The van der Waals surface area contributed by atoms with E-state index in [1.165, 1.54) is 0 Å². The van der Waals surface area contributed by atoms with Crippen LogP contribution < -0.4 is 10.9 Å². The first-order valence-electron chi connectivity index (χ1n) is 15.6. The number of fused-ring (bicyclic) bond motifs is 3. The smallest absolute Gasteiger partial charge is 0.426 e. The third-order valence-electron chi connectivity index (χ3n) is 7.18. The maximum atomic E-state index is 12.8. The number of nitrogens with one attached hydrogen (secondary N) is 2. The largest absolute Gasteiger partial charge is 0.463 e. The number of carbonyl (C=O) groups excluding carboxylic acids is 3. The van der Waals surface area contributed by atoms with Gasteiger partial charge in [-0.05, 0) is 55.4 Å². The molecule has 0 aliphatic heterocycles. The van der Waals surface area contributed by atoms with E-state index in [2.05, 4.69) is 10.9 Å². The lowest BCUT2D eigenvalue weighted by Crippen LogP contribution is -2.47. The lowest BCUT2D eigenvalue weighted by atomic mass is 9.98. The number of aliphatic hydroxyl groups excluding tert-OH is 1. The van der Waals surface area contributed by atoms with Gasteiger partial charge in [0, 0.05) is 32.2 Å². The van der Waals surface area contributed by atoms with Crippen molar-refractivity contribution in [1.82, 2.24) is 10.9 Å². The molecule has 1 aliphatic carbocycles. The predicted octanol–water partition coefficient (Wildman–Crippen LogP) is 3.70. The lowest BCUT2D eigenvalue weighted by Gasteiger charge is -2.17. The Hall–Kier alpha value is -3.55. The van der Waals surface area contributed by atoms with E-state index in [9.17, 15) is 14.4 Å². The van der Waals surface area contributed by atoms with Crippen molar-refractivity contribution in [2.24, 2.45) is 5.92 Å². The highest BCUT2D eigenvalue weighted by Gasteiger charge is 2.30. The molecule has 0 saturated carbocycles. The van der Waals surface area contributed by atoms with Gasteiger partial charge in [-0.1, -0.05) is 48.5 Å². The van der Waals surface area contributed by atoms with E-state index in [1.807, 2.05) is 62.4 Å². The highest BCUT2D eigenvalue weighted by atomic mass is 16.7. The van der Waals surface area contributed by atoms with Crippen molar-refractivity contribution < 1.29 is 47.9 Å². The summed E-state index contributed by atoms with van der Waals surface area (Å²) in [6.45, 7) is 6.11. The first-order valence-corrected chi connectivity index (χ1v) is 15.6. The first kappa shape index (κ1) is 35.9. The van der Waals surface area contributed by atoms with E-state index in [4.69, 9.17) is 33.5 Å². The first-order chi connectivity index (χ1) is 22.0. The van der Waals surface area contributed by atoms with Crippen LogP contribution in [0.5, 0.6) is 0 Å². The topological polar surface area (TPSA) is 151 Å². The van der Waals surface area contributed by atoms with Crippen LogP contribution in [0.4, 0.5) is 4.79 Å². The van der Waals surface area contributed by atoms with Crippen molar-refractivity contribution in [2.45, 2.75) is 51.7 Å². The monoisotopic (exact) mass is 630 g/mol. The summed E-state index contributed by atoms with van der Waals surface area (Å²) in [5.41, 5.74) is 8.82. The standard InChI is InChI=1S/C33H46N2O10/c1-3-42-30(43-4-2)16-18-40-19-20-41-21-22-44-32(38)28(15-9-10-17-36)31(37)34-35-33(39)45-23-29-26-13-7-5-11-24(26)25-12-6-8-14-27(25)29/h5-8,11-14,28-30,36H,3-4,9-10,15-23H2,1-2H3,(H,34,37)(H,35,39). The quantitative estimate of drug-likeness (QED) is 0.0612. The number of unbranched alkanes of at least 4 members (excludes halogenated alkanes) is 1. The summed E-state index contributed by atoms with van der Waals surface area (Å²) < 4.78 is 32.6. The molecule has 248 valence electrons. The SMILES string of the molecule is CCOC(CCOCCOCCOC(=O)C(CCCCO)C(=O)NNC(=O)OCC1c2ccccc2-c2ccccc21)OCC. The summed E-state index contributed by atoms with van der Waals surface area (Å²) in [5, 5.41) is 9.13. The Bertz CT molecular complexity index is 1140. The second-order valence-corrected chi connectivity index (χ2v) is 10.2. The summed E-state index contributed by atoms with van der Waals surface area (Å²) in [6, 6.07) is 15.9. The van der Waals surface area contributed by atoms with E-state index in [0.717, 1.165) is 22.3 Å². The van der Waals surface area contributed by atoms with Gasteiger partial charge < -0.3 is 33.5 Å². The van der Waals surface area contributed by atoms with Crippen molar-refractivity contribution in [3.05, 3.63) is 59.7 Å². The van der Waals surface area contributed by atoms with Gasteiger partial charge in [-0.2, -0.15) is 0 Å². The number of hydrogen-bond donors (Lipinski definition) is 3. The van der Waals surface area contributed by atoms with Gasteiger partial charge in [0.2, 0.25) is 0 Å². The summed E-state index contributed by atoms with van der Waals surface area (Å²) in [5.74, 6) is -2.81. The average molecular weight is 631 g/mol. The molecule has 2 amide bonds. The van der Waals surface area contributed by atoms with Crippen LogP contribution in [0.3, 0.4) is 0 Å². The van der Waals surface area contributed by atoms with Crippen LogP contribution >= 0.6 is 0 Å². The van der Waals surface area contributed by atoms with E-state index in [1.54, 1.807) is 0 Å². The molecule has 2 aromatic carbocycles. The van der Waals surface area contributed by atoms with Gasteiger partial charge in [0.25, 0.3) is 5.91 Å². The van der Waals surface area contributed by atoms with Crippen LogP contribution in [0.2, 0.25) is 0 Å². The predicted molar refractivity (Wildman–Crippen MR) is 165 cm³/mol. The van der Waals surface area contributed by atoms with Gasteiger partial charge in [-0.15, -0.1) is 0 Å². The zero-order valence-electron chi connectivity index (χ0n) is 26.2. The van der Waals surface area contributed by atoms with Crippen LogP contribution in [0.25, 0.3) is 11.1 Å². The van der Waals surface area contributed by atoms with E-state index in [0.29, 0.717) is 52.3 Å². The lowest BCUT2D eigenvalue weighted by molar-refractivity contribution is -0.154. The highest BCUT2D eigenvalue weighted by molar-refractivity contribution is 5.98. The van der Waals surface area contributed by atoms with Crippen molar-refractivity contribution in [2.75, 3.05) is 59.5 Å². The van der Waals surface area contributed by atoms with Gasteiger partial charge in [-0.25, -0.2) is 10.2 Å². The van der Waals surface area contributed by atoms with Crippen LogP contribution in [0, 0.1) is 5.92 Å². The number of hydrazine groups is 1. The van der Waals surface area contributed by atoms with Gasteiger partial charge in [-0.3, -0.25) is 15.0 Å². The van der Waals surface area contributed by atoms with Crippen LogP contribution in [0.1, 0.15) is 56.6 Å². The fourth-order valence-corrected chi connectivity index (χ4v) is 5.04. The van der Waals surface area contributed by atoms with Gasteiger partial charge in [0.05, 0.1) is 26.4 Å². The molecule has 12 nitrogen and oxygen atoms in total. The molecule has 1 aliphatic rings. The molecule has 1 unspecified atom stereocenters. The molecule has 0 heterocycles. The van der Waals surface area contributed by atoms with Crippen LogP contribution in [-0.2, 0) is 38.0 Å². The van der Waals surface area contributed by atoms with Gasteiger partial charge in [0.15, 0.2) is 6.29 Å². The van der Waals surface area contributed by atoms with Crippen LogP contribution in [0.15, 0.2) is 48.5 Å². The Morgan fingerprint density at radius 1 is 0.756 bits per heavy atom. The Balaban J connectivity index is 1.36. The molecule has 2 aromatic rings. The number of amides is 2. The van der Waals surface area contributed by atoms with Crippen molar-refractivity contribution >= 4 is 18.0 Å². The fraction of sp³-hybridized carbons (Fsp3) is 0.545. The number of esters is 1. The maximum absolute atomic E-state index is 12.8. The number of carbonyl (C=O) groups is 3. The Morgan fingerprint density at radius 3 is 1.98 bits per heavy atom. The minimum Gasteiger partial charge on any atom is -0.463 e. The number of benzene rings is 2. The third-order valence-corrected chi connectivity index (χ3v) is 7.18. The molecule has 3 N–H and O–H groups in total. The minimum atomic E-state index is -1.18. The van der Waals surface area contributed by atoms with E-state index in [-0.39, 0.29) is 45.1 Å². The average Bonchev–Trinajstić information content (AvgIpc) is 3.37. The van der Waals surface area contributed by atoms with Gasteiger partial charge in [0.1, 0.15) is 19.1 Å². The summed E-state index contributed by atoms with van der Waals surface area (Å²) >= 11 is 0. The molecule has 45 heavy (non-hydrogen) atoms. The zero-order valence-corrected chi connectivity index (χ0v) is 26.2. The second-order valence-electron chi connectivity index (χ2n) is 10.2. The highest BCUT2D eigenvalue weighted by Crippen LogP contribution is 2.44. The molecule has 1 atom stereocenters. The molecule has 12 heteroatoms. The summed E-state index contributed by atoms with van der Waals surface area (Å²) in [6.07, 6.45) is 0.421. The molecule has 0 aromatic heterocycles. The Morgan fingerprint density at radius 2 is 1.36 bits per heavy atom. The van der Waals surface area contributed by atoms with Gasteiger partial charge >= 0.3 is 12.1 Å². The normalized spacial score (nSPS) is 12.8.